The van der Waals surface area contributed by atoms with Gasteiger partial charge in [0.05, 0.1) is 0 Å². The molecule has 1 aliphatic rings. The van der Waals surface area contributed by atoms with Gasteiger partial charge in [0.25, 0.3) is 0 Å². The Labute approximate surface area is 106 Å². The molecule has 0 aliphatic heterocycles. The molecule has 1 aromatic rings. The Morgan fingerprint density at radius 2 is 2.22 bits per heavy atom. The zero-order valence-electron chi connectivity index (χ0n) is 10.7. The van der Waals surface area contributed by atoms with Crippen molar-refractivity contribution in [1.82, 2.24) is 20.2 Å². The molecule has 18 heavy (non-hydrogen) atoms. The third-order valence-electron chi connectivity index (χ3n) is 3.56. The summed E-state index contributed by atoms with van der Waals surface area (Å²) in [6, 6.07) is 0. The number of carboxylic acids is 1. The maximum absolute atomic E-state index is 10.6. The molecule has 0 spiro atoms. The summed E-state index contributed by atoms with van der Waals surface area (Å²) in [7, 11) is 0. The average molecular weight is 252 g/mol. The summed E-state index contributed by atoms with van der Waals surface area (Å²) in [6.45, 7) is 2.50. The molecule has 100 valence electrons. The number of hydrogen-bond donors (Lipinski definition) is 1. The van der Waals surface area contributed by atoms with Gasteiger partial charge in [0.15, 0.2) is 5.82 Å². The van der Waals surface area contributed by atoms with Gasteiger partial charge in [0.1, 0.15) is 0 Å². The number of aromatic nitrogens is 4. The predicted octanol–water partition coefficient (Wildman–Crippen LogP) is 1.52. The Kier molecular flexibility index (Phi) is 4.28. The molecule has 2 rings (SSSR count). The minimum Gasteiger partial charge on any atom is -0.481 e. The number of carbonyl (C=O) groups is 1. The van der Waals surface area contributed by atoms with Crippen LogP contribution in [-0.4, -0.2) is 31.3 Å². The molecule has 1 unspecified atom stereocenters. The maximum atomic E-state index is 10.6. The number of nitrogens with zero attached hydrogens (tertiary/aromatic N) is 4. The van der Waals surface area contributed by atoms with Crippen molar-refractivity contribution in [2.24, 2.45) is 11.8 Å². The van der Waals surface area contributed by atoms with Gasteiger partial charge in [-0.1, -0.05) is 32.6 Å². The summed E-state index contributed by atoms with van der Waals surface area (Å²) in [5.41, 5.74) is 0. The zero-order valence-corrected chi connectivity index (χ0v) is 10.7. The van der Waals surface area contributed by atoms with Gasteiger partial charge >= 0.3 is 5.97 Å². The Hall–Kier alpha value is -1.46. The van der Waals surface area contributed by atoms with E-state index in [0.29, 0.717) is 12.5 Å². The highest BCUT2D eigenvalue weighted by atomic mass is 16.4. The lowest BCUT2D eigenvalue weighted by Gasteiger charge is -2.12. The number of carboxylic acid groups (broad SMARTS) is 1. The van der Waals surface area contributed by atoms with Crippen molar-refractivity contribution in [3.05, 3.63) is 5.82 Å². The van der Waals surface area contributed by atoms with Crippen molar-refractivity contribution in [3.8, 4) is 0 Å². The molecule has 0 aromatic carbocycles. The molecule has 0 saturated heterocycles. The van der Waals surface area contributed by atoms with Crippen LogP contribution in [-0.2, 0) is 17.8 Å². The van der Waals surface area contributed by atoms with Crippen LogP contribution in [0.5, 0.6) is 0 Å². The van der Waals surface area contributed by atoms with Crippen LogP contribution in [0.1, 0.15) is 44.9 Å². The summed E-state index contributed by atoms with van der Waals surface area (Å²) in [5, 5.41) is 20.5. The molecular formula is C12H20N4O2. The number of tetrazole rings is 1. The first-order valence-electron chi connectivity index (χ1n) is 6.62. The van der Waals surface area contributed by atoms with Crippen LogP contribution in [0.15, 0.2) is 0 Å². The van der Waals surface area contributed by atoms with E-state index in [2.05, 4.69) is 15.5 Å². The number of rotatable bonds is 6. The molecule has 1 aromatic heterocycles. The van der Waals surface area contributed by atoms with E-state index in [0.717, 1.165) is 12.2 Å². The van der Waals surface area contributed by atoms with Crippen molar-refractivity contribution in [3.63, 3.8) is 0 Å². The Morgan fingerprint density at radius 3 is 2.89 bits per heavy atom. The quantitative estimate of drug-likeness (QED) is 0.830. The molecule has 1 fully saturated rings. The van der Waals surface area contributed by atoms with Gasteiger partial charge < -0.3 is 5.11 Å². The van der Waals surface area contributed by atoms with Crippen LogP contribution >= 0.6 is 0 Å². The Bertz CT molecular complexity index is 399. The van der Waals surface area contributed by atoms with E-state index in [4.69, 9.17) is 5.11 Å². The molecule has 0 bridgehead atoms. The summed E-state index contributed by atoms with van der Waals surface area (Å²) in [6.07, 6.45) is 6.22. The lowest BCUT2D eigenvalue weighted by molar-refractivity contribution is -0.138. The van der Waals surface area contributed by atoms with Gasteiger partial charge in [-0.15, -0.1) is 5.10 Å². The van der Waals surface area contributed by atoms with Gasteiger partial charge in [-0.05, 0) is 22.3 Å². The van der Waals surface area contributed by atoms with Crippen LogP contribution in [0.3, 0.4) is 0 Å². The highest BCUT2D eigenvalue weighted by Crippen LogP contribution is 2.27. The van der Waals surface area contributed by atoms with E-state index in [-0.39, 0.29) is 12.3 Å². The highest BCUT2D eigenvalue weighted by molar-refractivity contribution is 5.66. The fraction of sp³-hybridized carbons (Fsp3) is 0.833. The van der Waals surface area contributed by atoms with E-state index in [9.17, 15) is 4.79 Å². The first-order chi connectivity index (χ1) is 8.65. The lowest BCUT2D eigenvalue weighted by atomic mass is 10.0. The van der Waals surface area contributed by atoms with E-state index < -0.39 is 5.97 Å². The summed E-state index contributed by atoms with van der Waals surface area (Å²) in [5.74, 6) is 0.880. The van der Waals surface area contributed by atoms with Crippen LogP contribution in [0.4, 0.5) is 0 Å². The topological polar surface area (TPSA) is 80.9 Å². The third kappa shape index (κ3) is 3.51. The molecule has 1 heterocycles. The fourth-order valence-electron chi connectivity index (χ4n) is 2.64. The Morgan fingerprint density at radius 1 is 1.50 bits per heavy atom. The Balaban J connectivity index is 1.92. The van der Waals surface area contributed by atoms with Crippen LogP contribution in [0.2, 0.25) is 0 Å². The van der Waals surface area contributed by atoms with E-state index >= 15 is 0 Å². The SMILES string of the molecule is CC(CC(=O)O)Cn1nnnc1CC1CCCC1. The van der Waals surface area contributed by atoms with Crippen molar-refractivity contribution < 1.29 is 9.90 Å². The molecular weight excluding hydrogens is 232 g/mol. The van der Waals surface area contributed by atoms with Crippen molar-refractivity contribution in [2.75, 3.05) is 0 Å². The first kappa shape index (κ1) is 13.0. The molecule has 1 aliphatic carbocycles. The second-order valence-corrected chi connectivity index (χ2v) is 5.33. The van der Waals surface area contributed by atoms with Gasteiger partial charge in [-0.25, -0.2) is 4.68 Å². The lowest BCUT2D eigenvalue weighted by Crippen LogP contribution is -2.16. The van der Waals surface area contributed by atoms with Gasteiger partial charge in [0, 0.05) is 19.4 Å². The van der Waals surface area contributed by atoms with Crippen molar-refractivity contribution >= 4 is 5.97 Å². The van der Waals surface area contributed by atoms with E-state index in [1.165, 1.54) is 25.7 Å². The second-order valence-electron chi connectivity index (χ2n) is 5.33. The van der Waals surface area contributed by atoms with E-state index in [1.807, 2.05) is 6.92 Å². The smallest absolute Gasteiger partial charge is 0.303 e. The summed E-state index contributed by atoms with van der Waals surface area (Å²) < 4.78 is 1.77. The largest absolute Gasteiger partial charge is 0.481 e. The highest BCUT2D eigenvalue weighted by Gasteiger charge is 2.20. The van der Waals surface area contributed by atoms with E-state index in [1.54, 1.807) is 4.68 Å². The van der Waals surface area contributed by atoms with Crippen molar-refractivity contribution in [2.45, 2.75) is 52.0 Å². The molecule has 6 heteroatoms. The third-order valence-corrected chi connectivity index (χ3v) is 3.56. The molecule has 0 radical (unpaired) electrons. The molecule has 1 saturated carbocycles. The predicted molar refractivity (Wildman–Crippen MR) is 64.9 cm³/mol. The van der Waals surface area contributed by atoms with Gasteiger partial charge in [-0.2, -0.15) is 0 Å². The summed E-state index contributed by atoms with van der Waals surface area (Å²) in [4.78, 5) is 10.6. The van der Waals surface area contributed by atoms with Crippen molar-refractivity contribution in [1.29, 1.82) is 0 Å². The van der Waals surface area contributed by atoms with Gasteiger partial charge in [0.2, 0.25) is 0 Å². The molecule has 0 amide bonds. The zero-order chi connectivity index (χ0) is 13.0. The monoisotopic (exact) mass is 252 g/mol. The van der Waals surface area contributed by atoms with Crippen LogP contribution in [0, 0.1) is 11.8 Å². The number of hydrogen-bond acceptors (Lipinski definition) is 4. The van der Waals surface area contributed by atoms with Crippen LogP contribution in [0.25, 0.3) is 0 Å². The van der Waals surface area contributed by atoms with Gasteiger partial charge in [-0.3, -0.25) is 4.79 Å². The minimum atomic E-state index is -0.770. The van der Waals surface area contributed by atoms with Crippen LogP contribution < -0.4 is 0 Å². The minimum absolute atomic E-state index is 0.0494. The molecule has 1 atom stereocenters. The fourth-order valence-corrected chi connectivity index (χ4v) is 2.64. The number of aliphatic carboxylic acids is 1. The first-order valence-corrected chi connectivity index (χ1v) is 6.62. The second kappa shape index (κ2) is 5.93. The standard InChI is InChI=1S/C12H20N4O2/c1-9(6-12(17)18)8-16-11(13-14-15-16)7-10-4-2-3-5-10/h9-10H,2-8H2,1H3,(H,17,18). The molecule has 1 N–H and O–H groups in total. The summed E-state index contributed by atoms with van der Waals surface area (Å²) >= 11 is 0. The molecule has 6 nitrogen and oxygen atoms in total. The normalized spacial score (nSPS) is 18.1. The maximum Gasteiger partial charge on any atom is 0.303 e. The average Bonchev–Trinajstić information content (AvgIpc) is 2.90.